The number of anilines is 3. The largest absolute Gasteiger partial charge is 0.324 e. The van der Waals surface area contributed by atoms with E-state index in [4.69, 9.17) is 11.6 Å². The highest BCUT2D eigenvalue weighted by molar-refractivity contribution is 6.31. The van der Waals surface area contributed by atoms with Crippen LogP contribution in [0.5, 0.6) is 0 Å². The molecule has 0 spiro atoms. The zero-order valence-electron chi connectivity index (χ0n) is 13.9. The van der Waals surface area contributed by atoms with Gasteiger partial charge in [-0.25, -0.2) is 9.97 Å². The predicted octanol–water partition coefficient (Wildman–Crippen LogP) is 4.74. The Balaban J connectivity index is 1.81. The van der Waals surface area contributed by atoms with E-state index in [-0.39, 0.29) is 11.6 Å². The van der Waals surface area contributed by atoms with Crippen LogP contribution < -0.4 is 10.6 Å². The number of halogens is 1. The third-order valence-electron chi connectivity index (χ3n) is 3.55. The Morgan fingerprint density at radius 1 is 0.960 bits per heavy atom. The molecule has 0 fully saturated rings. The Morgan fingerprint density at radius 3 is 2.44 bits per heavy atom. The van der Waals surface area contributed by atoms with Crippen LogP contribution in [-0.4, -0.2) is 15.9 Å². The molecule has 5 nitrogen and oxygen atoms in total. The van der Waals surface area contributed by atoms with E-state index in [0.29, 0.717) is 22.4 Å². The van der Waals surface area contributed by atoms with E-state index in [1.165, 1.54) is 0 Å². The first kappa shape index (κ1) is 16.9. The van der Waals surface area contributed by atoms with Gasteiger partial charge in [0, 0.05) is 22.1 Å². The van der Waals surface area contributed by atoms with E-state index in [1.807, 2.05) is 50.2 Å². The van der Waals surface area contributed by atoms with Gasteiger partial charge >= 0.3 is 0 Å². The average Bonchev–Trinajstić information content (AvgIpc) is 2.58. The molecule has 126 valence electrons. The molecule has 3 rings (SSSR count). The van der Waals surface area contributed by atoms with Crippen molar-refractivity contribution in [3.63, 3.8) is 0 Å². The van der Waals surface area contributed by atoms with Gasteiger partial charge < -0.3 is 10.6 Å². The molecular formula is C19H17ClN4O. The minimum Gasteiger partial charge on any atom is -0.324 e. The summed E-state index contributed by atoms with van der Waals surface area (Å²) in [5, 5.41) is 6.50. The van der Waals surface area contributed by atoms with Gasteiger partial charge in [-0.1, -0.05) is 35.9 Å². The number of carbonyl (C=O) groups is 1. The summed E-state index contributed by atoms with van der Waals surface area (Å²) in [6, 6.07) is 16.6. The summed E-state index contributed by atoms with van der Waals surface area (Å²) >= 11 is 6.10. The number of aromatic nitrogens is 2. The normalized spacial score (nSPS) is 10.4. The number of rotatable bonds is 4. The topological polar surface area (TPSA) is 66.9 Å². The molecule has 6 heteroatoms. The molecule has 0 saturated heterocycles. The van der Waals surface area contributed by atoms with Crippen molar-refractivity contribution in [3.8, 4) is 0 Å². The van der Waals surface area contributed by atoms with Crippen molar-refractivity contribution >= 4 is 34.8 Å². The third kappa shape index (κ3) is 4.33. The fourth-order valence-electron chi connectivity index (χ4n) is 2.26. The lowest BCUT2D eigenvalue weighted by molar-refractivity contribution is 0.102. The number of hydrogen-bond acceptors (Lipinski definition) is 4. The van der Waals surface area contributed by atoms with Gasteiger partial charge in [-0.2, -0.15) is 0 Å². The van der Waals surface area contributed by atoms with Gasteiger partial charge in [0.1, 0.15) is 5.69 Å². The van der Waals surface area contributed by atoms with E-state index in [1.54, 1.807) is 18.2 Å². The molecule has 0 unspecified atom stereocenters. The Morgan fingerprint density at radius 2 is 1.72 bits per heavy atom. The smallest absolute Gasteiger partial charge is 0.274 e. The van der Waals surface area contributed by atoms with Crippen molar-refractivity contribution in [2.24, 2.45) is 0 Å². The molecule has 0 aliphatic heterocycles. The van der Waals surface area contributed by atoms with Crippen LogP contribution in [0.3, 0.4) is 0 Å². The maximum Gasteiger partial charge on any atom is 0.274 e. The Labute approximate surface area is 151 Å². The van der Waals surface area contributed by atoms with Gasteiger partial charge in [0.15, 0.2) is 0 Å². The van der Waals surface area contributed by atoms with Crippen LogP contribution in [0.4, 0.5) is 17.3 Å². The van der Waals surface area contributed by atoms with Crippen LogP contribution >= 0.6 is 11.6 Å². The van der Waals surface area contributed by atoms with Crippen LogP contribution in [0.15, 0.2) is 54.6 Å². The van der Waals surface area contributed by atoms with Crippen LogP contribution in [0.1, 0.15) is 21.7 Å². The summed E-state index contributed by atoms with van der Waals surface area (Å²) < 4.78 is 0. The molecule has 1 heterocycles. The fraction of sp³-hybridized carbons (Fsp3) is 0.105. The summed E-state index contributed by atoms with van der Waals surface area (Å²) in [5.74, 6) is 0.0554. The Hall–Kier alpha value is -2.92. The quantitative estimate of drug-likeness (QED) is 0.711. The number of amides is 1. The number of hydrogen-bond donors (Lipinski definition) is 2. The van der Waals surface area contributed by atoms with Crippen molar-refractivity contribution < 1.29 is 4.79 Å². The molecule has 0 bridgehead atoms. The summed E-state index contributed by atoms with van der Waals surface area (Å²) in [6.07, 6.45) is 0. The maximum absolute atomic E-state index is 12.5. The maximum atomic E-state index is 12.5. The van der Waals surface area contributed by atoms with E-state index < -0.39 is 0 Å². The number of para-hydroxylation sites is 1. The third-order valence-corrected chi connectivity index (χ3v) is 3.95. The van der Waals surface area contributed by atoms with Crippen molar-refractivity contribution in [3.05, 3.63) is 76.6 Å². The van der Waals surface area contributed by atoms with Crippen molar-refractivity contribution in [2.75, 3.05) is 10.6 Å². The average molecular weight is 353 g/mol. The van der Waals surface area contributed by atoms with Crippen LogP contribution in [0.25, 0.3) is 0 Å². The van der Waals surface area contributed by atoms with E-state index in [0.717, 1.165) is 11.3 Å². The lowest BCUT2D eigenvalue weighted by Gasteiger charge is -2.09. The predicted molar refractivity (Wildman–Crippen MR) is 101 cm³/mol. The number of carbonyl (C=O) groups excluding carboxylic acids is 1. The zero-order valence-corrected chi connectivity index (χ0v) is 14.6. The molecular weight excluding hydrogens is 336 g/mol. The first-order valence-corrected chi connectivity index (χ1v) is 8.14. The van der Waals surface area contributed by atoms with Crippen molar-refractivity contribution in [1.82, 2.24) is 9.97 Å². The molecule has 1 amide bonds. The highest BCUT2D eigenvalue weighted by Crippen LogP contribution is 2.20. The number of aryl methyl sites for hydroxylation is 2. The number of benzene rings is 2. The summed E-state index contributed by atoms with van der Waals surface area (Å²) in [7, 11) is 0. The van der Waals surface area contributed by atoms with Crippen LogP contribution in [0.2, 0.25) is 5.02 Å². The standard InChI is InChI=1S/C19H17ClN4O/c1-12-8-9-15(11-16(12)20)22-18(25)17-10-13(2)21-19(24-17)23-14-6-4-3-5-7-14/h3-11H,1-2H3,(H,22,25)(H,21,23,24). The summed E-state index contributed by atoms with van der Waals surface area (Å²) in [6.45, 7) is 3.72. The number of nitrogens with one attached hydrogen (secondary N) is 2. The molecule has 0 aliphatic carbocycles. The van der Waals surface area contributed by atoms with Gasteiger partial charge in [0.25, 0.3) is 5.91 Å². The molecule has 2 aromatic carbocycles. The highest BCUT2D eigenvalue weighted by Gasteiger charge is 2.12. The minimum absolute atomic E-state index is 0.280. The van der Waals surface area contributed by atoms with Gasteiger partial charge in [-0.05, 0) is 49.7 Å². The first-order valence-electron chi connectivity index (χ1n) is 7.76. The molecule has 25 heavy (non-hydrogen) atoms. The molecule has 3 aromatic rings. The highest BCUT2D eigenvalue weighted by atomic mass is 35.5. The van der Waals surface area contributed by atoms with Crippen LogP contribution in [0, 0.1) is 13.8 Å². The molecule has 1 aromatic heterocycles. The minimum atomic E-state index is -0.318. The van der Waals surface area contributed by atoms with E-state index in [9.17, 15) is 4.79 Å². The summed E-state index contributed by atoms with van der Waals surface area (Å²) in [4.78, 5) is 21.1. The molecule has 0 aliphatic rings. The van der Waals surface area contributed by atoms with Gasteiger partial charge in [0.05, 0.1) is 0 Å². The zero-order chi connectivity index (χ0) is 17.8. The second-order valence-electron chi connectivity index (χ2n) is 5.63. The SMILES string of the molecule is Cc1cc(C(=O)Nc2ccc(C)c(Cl)c2)nc(Nc2ccccc2)n1. The van der Waals surface area contributed by atoms with Crippen LogP contribution in [-0.2, 0) is 0 Å². The first-order chi connectivity index (χ1) is 12.0. The van der Waals surface area contributed by atoms with Crippen molar-refractivity contribution in [2.45, 2.75) is 13.8 Å². The lowest BCUT2D eigenvalue weighted by Crippen LogP contribution is -2.15. The molecule has 2 N–H and O–H groups in total. The van der Waals surface area contributed by atoms with Gasteiger partial charge in [-0.3, -0.25) is 4.79 Å². The van der Waals surface area contributed by atoms with Gasteiger partial charge in [0.2, 0.25) is 5.95 Å². The van der Waals surface area contributed by atoms with Gasteiger partial charge in [-0.15, -0.1) is 0 Å². The fourth-order valence-corrected chi connectivity index (χ4v) is 2.44. The van der Waals surface area contributed by atoms with E-state index in [2.05, 4.69) is 20.6 Å². The second-order valence-corrected chi connectivity index (χ2v) is 6.03. The molecule has 0 atom stereocenters. The lowest BCUT2D eigenvalue weighted by atomic mass is 10.2. The Kier molecular flexibility index (Phi) is 4.95. The Bertz CT molecular complexity index is 913. The second kappa shape index (κ2) is 7.32. The van der Waals surface area contributed by atoms with E-state index >= 15 is 0 Å². The van der Waals surface area contributed by atoms with Crippen molar-refractivity contribution in [1.29, 1.82) is 0 Å². The monoisotopic (exact) mass is 352 g/mol. The molecule has 0 radical (unpaired) electrons. The molecule has 0 saturated carbocycles. The summed E-state index contributed by atoms with van der Waals surface area (Å²) in [5.41, 5.74) is 3.40. The number of nitrogens with zero attached hydrogens (tertiary/aromatic N) is 2.